The van der Waals surface area contributed by atoms with Gasteiger partial charge < -0.3 is 14.0 Å². The van der Waals surface area contributed by atoms with Crippen LogP contribution in [0.5, 0.6) is 5.75 Å². The summed E-state index contributed by atoms with van der Waals surface area (Å²) in [4.78, 5) is 25.1. The maximum atomic E-state index is 12.8. The average molecular weight is 456 g/mol. The normalized spacial score (nSPS) is 11.2. The number of sulfone groups is 1. The topological polar surface area (TPSA) is 91.7 Å². The maximum absolute atomic E-state index is 12.8. The van der Waals surface area contributed by atoms with Crippen LogP contribution in [0.25, 0.3) is 5.69 Å². The lowest BCUT2D eigenvalue weighted by atomic mass is 10.1. The summed E-state index contributed by atoms with van der Waals surface area (Å²) in [5.41, 5.74) is 3.00. The van der Waals surface area contributed by atoms with Gasteiger partial charge in [0.05, 0.1) is 17.1 Å². The minimum atomic E-state index is -3.46. The van der Waals surface area contributed by atoms with Gasteiger partial charge in [-0.25, -0.2) is 13.2 Å². The molecule has 0 unspecified atom stereocenters. The van der Waals surface area contributed by atoms with Crippen LogP contribution in [0.4, 0.5) is 0 Å². The third-order valence-electron chi connectivity index (χ3n) is 4.97. The third kappa shape index (κ3) is 5.08. The second-order valence-corrected chi connectivity index (χ2v) is 9.36. The number of aromatic nitrogens is 1. The summed E-state index contributed by atoms with van der Waals surface area (Å²) in [7, 11) is -3.46. The average Bonchev–Trinajstić information content (AvgIpc) is 3.06. The van der Waals surface area contributed by atoms with Crippen molar-refractivity contribution < 1.29 is 27.5 Å². The molecule has 8 heteroatoms. The second kappa shape index (κ2) is 9.40. The number of carbonyl (C=O) groups excluding carboxylic acids is 2. The van der Waals surface area contributed by atoms with E-state index >= 15 is 0 Å². The Morgan fingerprint density at radius 1 is 1.00 bits per heavy atom. The molecule has 0 spiro atoms. The Kier molecular flexibility index (Phi) is 6.84. The monoisotopic (exact) mass is 455 g/mol. The van der Waals surface area contributed by atoms with Crippen LogP contribution in [-0.4, -0.2) is 44.2 Å². The van der Waals surface area contributed by atoms with E-state index in [1.165, 1.54) is 24.3 Å². The van der Waals surface area contributed by atoms with Crippen molar-refractivity contribution in [3.63, 3.8) is 0 Å². The number of carbonyl (C=O) groups is 2. The number of ether oxygens (including phenoxy) is 2. The van der Waals surface area contributed by atoms with Crippen molar-refractivity contribution in [2.75, 3.05) is 19.5 Å². The quantitative estimate of drug-likeness (QED) is 0.377. The standard InChI is InChI=1S/C24H25NO6S/c1-5-30-20-11-9-19(10-12-20)25-16(2)13-22(17(25)3)23(26)15-31-24(27)18-7-6-8-21(14-18)32(4,28)29/h6-14H,5,15H2,1-4H3. The zero-order valence-corrected chi connectivity index (χ0v) is 19.2. The Balaban J connectivity index is 1.75. The summed E-state index contributed by atoms with van der Waals surface area (Å²) in [5.74, 6) is -0.339. The van der Waals surface area contributed by atoms with Crippen molar-refractivity contribution in [1.82, 2.24) is 4.57 Å². The molecule has 0 radical (unpaired) electrons. The lowest BCUT2D eigenvalue weighted by Crippen LogP contribution is -2.15. The van der Waals surface area contributed by atoms with Crippen LogP contribution in [0.15, 0.2) is 59.5 Å². The van der Waals surface area contributed by atoms with Crippen molar-refractivity contribution in [2.45, 2.75) is 25.7 Å². The van der Waals surface area contributed by atoms with E-state index in [0.717, 1.165) is 29.1 Å². The van der Waals surface area contributed by atoms with E-state index in [2.05, 4.69) is 0 Å². The molecule has 3 rings (SSSR count). The van der Waals surface area contributed by atoms with Crippen molar-refractivity contribution in [3.8, 4) is 11.4 Å². The number of esters is 1. The number of rotatable bonds is 8. The van der Waals surface area contributed by atoms with E-state index in [-0.39, 0.29) is 16.2 Å². The Hall–Kier alpha value is -3.39. The van der Waals surface area contributed by atoms with Crippen molar-refractivity contribution in [2.24, 2.45) is 0 Å². The minimum Gasteiger partial charge on any atom is -0.494 e. The first-order valence-electron chi connectivity index (χ1n) is 10.0. The lowest BCUT2D eigenvalue weighted by molar-refractivity contribution is 0.0474. The van der Waals surface area contributed by atoms with Crippen molar-refractivity contribution in [3.05, 3.63) is 77.1 Å². The SMILES string of the molecule is CCOc1ccc(-n2c(C)cc(C(=O)COC(=O)c3cccc(S(C)(=O)=O)c3)c2C)cc1. The van der Waals surface area contributed by atoms with Gasteiger partial charge in [0.1, 0.15) is 5.75 Å². The van der Waals surface area contributed by atoms with Crippen LogP contribution in [0.1, 0.15) is 39.0 Å². The summed E-state index contributed by atoms with van der Waals surface area (Å²) < 4.78 is 35.9. The summed E-state index contributed by atoms with van der Waals surface area (Å²) in [5, 5.41) is 0. The first-order chi connectivity index (χ1) is 15.1. The second-order valence-electron chi connectivity index (χ2n) is 7.35. The predicted molar refractivity (Wildman–Crippen MR) is 121 cm³/mol. The first-order valence-corrected chi connectivity index (χ1v) is 11.9. The number of ketones is 1. The van der Waals surface area contributed by atoms with Crippen LogP contribution in [-0.2, 0) is 14.6 Å². The summed E-state index contributed by atoms with van der Waals surface area (Å²) >= 11 is 0. The number of Topliss-reactive ketones (excluding diaryl/α,β-unsaturated/α-hetero) is 1. The van der Waals surface area contributed by atoms with Gasteiger partial charge in [0.2, 0.25) is 5.78 Å². The van der Waals surface area contributed by atoms with Crippen LogP contribution in [0, 0.1) is 13.8 Å². The molecule has 0 amide bonds. The van der Waals surface area contributed by atoms with Gasteiger partial charge in [-0.05, 0) is 69.3 Å². The maximum Gasteiger partial charge on any atom is 0.338 e. The Morgan fingerprint density at radius 3 is 2.31 bits per heavy atom. The van der Waals surface area contributed by atoms with E-state index < -0.39 is 22.4 Å². The van der Waals surface area contributed by atoms with Gasteiger partial charge in [-0.3, -0.25) is 4.79 Å². The van der Waals surface area contributed by atoms with Gasteiger partial charge in [-0.2, -0.15) is 0 Å². The summed E-state index contributed by atoms with van der Waals surface area (Å²) in [6.45, 7) is 5.77. The molecule has 0 atom stereocenters. The van der Waals surface area contributed by atoms with Gasteiger partial charge >= 0.3 is 5.97 Å². The molecule has 0 aliphatic heterocycles. The van der Waals surface area contributed by atoms with Gasteiger partial charge in [0.25, 0.3) is 0 Å². The molecule has 1 heterocycles. The fourth-order valence-electron chi connectivity index (χ4n) is 3.45. The minimum absolute atomic E-state index is 0.0113. The molecule has 0 saturated heterocycles. The number of hydrogen-bond acceptors (Lipinski definition) is 6. The molecule has 32 heavy (non-hydrogen) atoms. The molecule has 1 aromatic heterocycles. The van der Waals surface area contributed by atoms with E-state index in [9.17, 15) is 18.0 Å². The van der Waals surface area contributed by atoms with Crippen LogP contribution in [0.2, 0.25) is 0 Å². The van der Waals surface area contributed by atoms with Crippen LogP contribution >= 0.6 is 0 Å². The van der Waals surface area contributed by atoms with E-state index in [1.54, 1.807) is 6.07 Å². The van der Waals surface area contributed by atoms with E-state index in [1.807, 2.05) is 49.6 Å². The molecule has 0 fully saturated rings. The molecular weight excluding hydrogens is 430 g/mol. The van der Waals surface area contributed by atoms with Gasteiger partial charge in [0.15, 0.2) is 16.4 Å². The van der Waals surface area contributed by atoms with E-state index in [4.69, 9.17) is 9.47 Å². The third-order valence-corrected chi connectivity index (χ3v) is 6.08. The van der Waals surface area contributed by atoms with Crippen molar-refractivity contribution >= 4 is 21.6 Å². The zero-order chi connectivity index (χ0) is 23.5. The molecular formula is C24H25NO6S. The smallest absolute Gasteiger partial charge is 0.338 e. The Labute approximate surface area is 187 Å². The van der Waals surface area contributed by atoms with Crippen molar-refractivity contribution in [1.29, 1.82) is 0 Å². The highest BCUT2D eigenvalue weighted by Crippen LogP contribution is 2.23. The fraction of sp³-hybridized carbons (Fsp3) is 0.250. The predicted octanol–water partition coefficient (Wildman–Crippen LogP) is 3.94. The highest BCUT2D eigenvalue weighted by molar-refractivity contribution is 7.90. The molecule has 0 saturated carbocycles. The summed E-state index contributed by atoms with van der Waals surface area (Å²) in [6, 6.07) is 14.8. The lowest BCUT2D eigenvalue weighted by Gasteiger charge is -2.11. The number of benzene rings is 2. The molecule has 168 valence electrons. The Morgan fingerprint density at radius 2 is 1.69 bits per heavy atom. The van der Waals surface area contributed by atoms with Gasteiger partial charge in [0, 0.05) is 28.9 Å². The highest BCUT2D eigenvalue weighted by Gasteiger charge is 2.19. The first kappa shape index (κ1) is 23.3. The molecule has 0 aliphatic rings. The number of nitrogens with zero attached hydrogens (tertiary/aromatic N) is 1. The van der Waals surface area contributed by atoms with Crippen LogP contribution in [0.3, 0.4) is 0 Å². The number of hydrogen-bond donors (Lipinski definition) is 0. The van der Waals surface area contributed by atoms with Gasteiger partial charge in [-0.1, -0.05) is 6.07 Å². The van der Waals surface area contributed by atoms with E-state index in [0.29, 0.717) is 12.2 Å². The molecule has 0 aliphatic carbocycles. The Bertz CT molecular complexity index is 1260. The largest absolute Gasteiger partial charge is 0.494 e. The van der Waals surface area contributed by atoms with Crippen LogP contribution < -0.4 is 4.74 Å². The number of aryl methyl sites for hydroxylation is 1. The zero-order valence-electron chi connectivity index (χ0n) is 18.4. The highest BCUT2D eigenvalue weighted by atomic mass is 32.2. The molecule has 0 bridgehead atoms. The molecule has 3 aromatic rings. The summed E-state index contributed by atoms with van der Waals surface area (Å²) in [6.07, 6.45) is 1.06. The molecule has 0 N–H and O–H groups in total. The fourth-order valence-corrected chi connectivity index (χ4v) is 4.11. The molecule has 2 aromatic carbocycles. The molecule has 7 nitrogen and oxygen atoms in total. The van der Waals surface area contributed by atoms with Gasteiger partial charge in [-0.15, -0.1) is 0 Å².